The highest BCUT2D eigenvalue weighted by atomic mass is 32.2. The first-order valence-electron chi connectivity index (χ1n) is 9.74. The minimum Gasteiger partial charge on any atom is -0.452 e. The lowest BCUT2D eigenvalue weighted by Crippen LogP contribution is -2.22. The van der Waals surface area contributed by atoms with Crippen molar-refractivity contribution in [2.45, 2.75) is 11.3 Å². The van der Waals surface area contributed by atoms with E-state index < -0.39 is 18.5 Å². The summed E-state index contributed by atoms with van der Waals surface area (Å²) in [5.41, 5.74) is 3.64. The van der Waals surface area contributed by atoms with Crippen LogP contribution in [0, 0.1) is 0 Å². The van der Waals surface area contributed by atoms with E-state index in [0.717, 1.165) is 16.0 Å². The number of nitrogens with one attached hydrogen (secondary N) is 2. The normalized spacial score (nSPS) is 12.5. The van der Waals surface area contributed by atoms with Crippen LogP contribution in [0.15, 0.2) is 77.7 Å². The lowest BCUT2D eigenvalue weighted by molar-refractivity contribution is -0.119. The Balaban J connectivity index is 1.36. The van der Waals surface area contributed by atoms with Crippen LogP contribution in [0.1, 0.15) is 21.5 Å². The molecule has 0 spiro atoms. The minimum absolute atomic E-state index is 0.114. The van der Waals surface area contributed by atoms with Gasteiger partial charge in [0.25, 0.3) is 5.91 Å². The van der Waals surface area contributed by atoms with Gasteiger partial charge in [0.15, 0.2) is 6.61 Å². The van der Waals surface area contributed by atoms with Crippen LogP contribution in [0.5, 0.6) is 0 Å². The quantitative estimate of drug-likeness (QED) is 0.573. The summed E-state index contributed by atoms with van der Waals surface area (Å²) in [7, 11) is 0. The number of ether oxygens (including phenoxy) is 1. The molecule has 1 heterocycles. The fourth-order valence-corrected chi connectivity index (χ4v) is 4.01. The third-order valence-electron chi connectivity index (χ3n) is 4.71. The van der Waals surface area contributed by atoms with Crippen molar-refractivity contribution in [2.75, 3.05) is 23.0 Å². The molecule has 4 rings (SSSR count). The van der Waals surface area contributed by atoms with Gasteiger partial charge in [-0.1, -0.05) is 48.5 Å². The van der Waals surface area contributed by atoms with Crippen molar-refractivity contribution < 1.29 is 19.1 Å². The van der Waals surface area contributed by atoms with E-state index in [2.05, 4.69) is 10.6 Å². The summed E-state index contributed by atoms with van der Waals surface area (Å²) in [6.45, 7) is -0.406. The highest BCUT2D eigenvalue weighted by Gasteiger charge is 2.18. The molecule has 0 fully saturated rings. The predicted octanol–water partition coefficient (Wildman–Crippen LogP) is 4.12. The summed E-state index contributed by atoms with van der Waals surface area (Å²) in [6.07, 6.45) is 0.677. The summed E-state index contributed by atoms with van der Waals surface area (Å²) >= 11 is 1.41. The Bertz CT molecular complexity index is 1130. The maximum Gasteiger partial charge on any atom is 0.338 e. The van der Waals surface area contributed by atoms with Gasteiger partial charge in [0.1, 0.15) is 0 Å². The average Bonchev–Trinajstić information content (AvgIpc) is 2.79. The maximum absolute atomic E-state index is 12.4. The standard InChI is InChI=1S/C24H20N2O4S/c27-22(25-19-9-5-4-8-17(19)12-16-6-2-1-3-7-16)14-30-24(29)18-10-11-21-20(13-18)26-23(28)15-31-21/h1-11,13H,12,14-15H2,(H,25,27)(H,26,28). The minimum atomic E-state index is -0.625. The van der Waals surface area contributed by atoms with Gasteiger partial charge in [-0.15, -0.1) is 11.8 Å². The second kappa shape index (κ2) is 9.49. The number of esters is 1. The smallest absolute Gasteiger partial charge is 0.338 e. The Morgan fingerprint density at radius 3 is 2.61 bits per heavy atom. The molecule has 0 aliphatic carbocycles. The molecule has 31 heavy (non-hydrogen) atoms. The van der Waals surface area contributed by atoms with E-state index in [9.17, 15) is 14.4 Å². The van der Waals surface area contributed by atoms with E-state index in [1.54, 1.807) is 18.2 Å². The van der Waals surface area contributed by atoms with Crippen LogP contribution in [0.4, 0.5) is 11.4 Å². The highest BCUT2D eigenvalue weighted by molar-refractivity contribution is 8.00. The van der Waals surface area contributed by atoms with Crippen molar-refractivity contribution in [3.05, 3.63) is 89.5 Å². The fraction of sp³-hybridized carbons (Fsp3) is 0.125. The molecule has 0 saturated heterocycles. The third kappa shape index (κ3) is 5.32. The van der Waals surface area contributed by atoms with E-state index in [1.165, 1.54) is 11.8 Å². The van der Waals surface area contributed by atoms with Crippen molar-refractivity contribution in [1.29, 1.82) is 0 Å². The first-order chi connectivity index (χ1) is 15.1. The topological polar surface area (TPSA) is 84.5 Å². The number of para-hydroxylation sites is 1. The van der Waals surface area contributed by atoms with Gasteiger partial charge >= 0.3 is 5.97 Å². The largest absolute Gasteiger partial charge is 0.452 e. The summed E-state index contributed by atoms with van der Waals surface area (Å²) in [6, 6.07) is 22.4. The summed E-state index contributed by atoms with van der Waals surface area (Å²) in [4.78, 5) is 37.2. The molecule has 2 amide bonds. The molecule has 7 heteroatoms. The number of benzene rings is 3. The van der Waals surface area contributed by atoms with Crippen molar-refractivity contribution in [1.82, 2.24) is 0 Å². The SMILES string of the molecule is O=C(COC(=O)c1ccc2c(c1)NC(=O)CS2)Nc1ccccc1Cc1ccccc1. The van der Waals surface area contributed by atoms with Gasteiger partial charge in [0, 0.05) is 10.6 Å². The molecule has 0 bridgehead atoms. The van der Waals surface area contributed by atoms with E-state index >= 15 is 0 Å². The van der Waals surface area contributed by atoms with Crippen LogP contribution in [0.2, 0.25) is 0 Å². The molecule has 156 valence electrons. The Morgan fingerprint density at radius 2 is 1.77 bits per heavy atom. The molecular weight excluding hydrogens is 412 g/mol. The lowest BCUT2D eigenvalue weighted by atomic mass is 10.0. The molecule has 1 aliphatic rings. The molecule has 0 aromatic heterocycles. The van der Waals surface area contributed by atoms with Crippen LogP contribution < -0.4 is 10.6 Å². The van der Waals surface area contributed by atoms with Crippen LogP contribution in [-0.2, 0) is 20.7 Å². The van der Waals surface area contributed by atoms with Gasteiger partial charge in [0.05, 0.1) is 17.0 Å². The predicted molar refractivity (Wildman–Crippen MR) is 120 cm³/mol. The number of carbonyl (C=O) groups excluding carboxylic acids is 3. The van der Waals surface area contributed by atoms with Gasteiger partial charge in [-0.25, -0.2) is 4.79 Å². The summed E-state index contributed by atoms with van der Waals surface area (Å²) < 4.78 is 5.17. The Hall–Kier alpha value is -3.58. The van der Waals surface area contributed by atoms with Crippen molar-refractivity contribution in [2.24, 2.45) is 0 Å². The lowest BCUT2D eigenvalue weighted by Gasteiger charge is -2.16. The first kappa shape index (κ1) is 20.7. The molecule has 2 N–H and O–H groups in total. The van der Waals surface area contributed by atoms with E-state index in [4.69, 9.17) is 4.74 Å². The van der Waals surface area contributed by atoms with Crippen LogP contribution >= 0.6 is 11.8 Å². The maximum atomic E-state index is 12.4. The van der Waals surface area contributed by atoms with Crippen LogP contribution in [0.25, 0.3) is 0 Å². The molecule has 1 aliphatic heterocycles. The van der Waals surface area contributed by atoms with Crippen molar-refractivity contribution in [3.63, 3.8) is 0 Å². The van der Waals surface area contributed by atoms with Crippen molar-refractivity contribution >= 4 is 40.9 Å². The number of fused-ring (bicyclic) bond motifs is 1. The fourth-order valence-electron chi connectivity index (χ4n) is 3.22. The number of hydrogen-bond donors (Lipinski definition) is 2. The highest BCUT2D eigenvalue weighted by Crippen LogP contribution is 2.32. The molecule has 0 atom stereocenters. The summed E-state index contributed by atoms with van der Waals surface area (Å²) in [5, 5.41) is 5.55. The second-order valence-corrected chi connectivity index (χ2v) is 8.01. The molecule has 3 aromatic rings. The number of carbonyl (C=O) groups is 3. The number of anilines is 2. The number of rotatable bonds is 6. The van der Waals surface area contributed by atoms with Gasteiger partial charge in [-0.3, -0.25) is 9.59 Å². The second-order valence-electron chi connectivity index (χ2n) is 6.99. The Labute approximate surface area is 184 Å². The van der Waals surface area contributed by atoms with Gasteiger partial charge in [-0.2, -0.15) is 0 Å². The molecular formula is C24H20N2O4S. The number of amides is 2. The van der Waals surface area contributed by atoms with Gasteiger partial charge in [0.2, 0.25) is 5.91 Å². The molecule has 0 saturated carbocycles. The van der Waals surface area contributed by atoms with E-state index in [-0.39, 0.29) is 11.5 Å². The van der Waals surface area contributed by atoms with Crippen LogP contribution in [0.3, 0.4) is 0 Å². The number of hydrogen-bond acceptors (Lipinski definition) is 5. The zero-order valence-electron chi connectivity index (χ0n) is 16.6. The van der Waals surface area contributed by atoms with Gasteiger partial charge < -0.3 is 15.4 Å². The average molecular weight is 433 g/mol. The zero-order chi connectivity index (χ0) is 21.6. The Kier molecular flexibility index (Phi) is 6.33. The molecule has 0 unspecified atom stereocenters. The van der Waals surface area contributed by atoms with Crippen LogP contribution in [-0.4, -0.2) is 30.1 Å². The third-order valence-corrected chi connectivity index (χ3v) is 5.78. The molecule has 0 radical (unpaired) electrons. The van der Waals surface area contributed by atoms with Crippen molar-refractivity contribution in [3.8, 4) is 0 Å². The van der Waals surface area contributed by atoms with E-state index in [0.29, 0.717) is 23.5 Å². The van der Waals surface area contributed by atoms with Gasteiger partial charge in [-0.05, 0) is 41.8 Å². The zero-order valence-corrected chi connectivity index (χ0v) is 17.4. The first-order valence-corrected chi connectivity index (χ1v) is 10.7. The van der Waals surface area contributed by atoms with E-state index in [1.807, 2.05) is 54.6 Å². The monoisotopic (exact) mass is 432 g/mol. The number of thioether (sulfide) groups is 1. The molecule has 3 aromatic carbocycles. The Morgan fingerprint density at radius 1 is 1.00 bits per heavy atom. The molecule has 6 nitrogen and oxygen atoms in total. The summed E-state index contributed by atoms with van der Waals surface area (Å²) in [5.74, 6) is -0.810.